The number of rotatable bonds is 1. The maximum Gasteiger partial charge on any atom is 0.120 e. The van der Waals surface area contributed by atoms with Gasteiger partial charge < -0.3 is 4.57 Å². The van der Waals surface area contributed by atoms with Crippen LogP contribution < -0.4 is 0 Å². The molecule has 38 valence electrons. The maximum atomic E-state index is 3.96. The SMILES string of the molecule is SCn1cnnc1. The van der Waals surface area contributed by atoms with Crippen LogP contribution in [-0.2, 0) is 5.88 Å². The van der Waals surface area contributed by atoms with Gasteiger partial charge in [0.2, 0.25) is 0 Å². The number of aromatic nitrogens is 3. The molecule has 0 saturated carbocycles. The first-order valence-electron chi connectivity index (χ1n) is 1.87. The van der Waals surface area contributed by atoms with Crippen LogP contribution in [0.15, 0.2) is 12.7 Å². The highest BCUT2D eigenvalue weighted by atomic mass is 32.1. The fourth-order valence-electron chi connectivity index (χ4n) is 0.295. The molecule has 1 aromatic heterocycles. The molecule has 1 aromatic rings. The van der Waals surface area contributed by atoms with E-state index >= 15 is 0 Å². The molecule has 0 aliphatic rings. The Bertz CT molecular complexity index is 125. The van der Waals surface area contributed by atoms with Crippen LogP contribution in [-0.4, -0.2) is 14.8 Å². The van der Waals surface area contributed by atoms with Crippen LogP contribution in [0.3, 0.4) is 0 Å². The highest BCUT2D eigenvalue weighted by Gasteiger charge is 1.79. The summed E-state index contributed by atoms with van der Waals surface area (Å²) in [7, 11) is 0. The Balaban J connectivity index is 2.76. The molecule has 4 heteroatoms. The minimum atomic E-state index is 0.646. The second-order valence-corrected chi connectivity index (χ2v) is 1.40. The molecule has 0 atom stereocenters. The summed E-state index contributed by atoms with van der Waals surface area (Å²) in [5.74, 6) is 0.646. The zero-order valence-electron chi connectivity index (χ0n) is 3.65. The lowest BCUT2D eigenvalue weighted by molar-refractivity contribution is 0.891. The van der Waals surface area contributed by atoms with E-state index in [-0.39, 0.29) is 0 Å². The summed E-state index contributed by atoms with van der Waals surface area (Å²) >= 11 is 3.96. The molecule has 0 N–H and O–H groups in total. The van der Waals surface area contributed by atoms with Crippen molar-refractivity contribution in [1.82, 2.24) is 14.8 Å². The van der Waals surface area contributed by atoms with Gasteiger partial charge in [-0.25, -0.2) is 0 Å². The third-order valence-corrected chi connectivity index (χ3v) is 0.956. The van der Waals surface area contributed by atoms with E-state index in [9.17, 15) is 0 Å². The van der Waals surface area contributed by atoms with Crippen molar-refractivity contribution < 1.29 is 0 Å². The molecule has 0 aromatic carbocycles. The summed E-state index contributed by atoms with van der Waals surface area (Å²) in [6.45, 7) is 0. The molecular formula is C3H5N3S. The van der Waals surface area contributed by atoms with Gasteiger partial charge in [0.25, 0.3) is 0 Å². The van der Waals surface area contributed by atoms with Crippen molar-refractivity contribution >= 4 is 12.6 Å². The Morgan fingerprint density at radius 3 is 2.29 bits per heavy atom. The van der Waals surface area contributed by atoms with Crippen LogP contribution in [0.2, 0.25) is 0 Å². The first kappa shape index (κ1) is 4.64. The highest BCUT2D eigenvalue weighted by Crippen LogP contribution is 1.82. The molecule has 0 aliphatic heterocycles. The molecule has 7 heavy (non-hydrogen) atoms. The van der Waals surface area contributed by atoms with Crippen molar-refractivity contribution in [2.24, 2.45) is 0 Å². The zero-order chi connectivity index (χ0) is 5.11. The second kappa shape index (κ2) is 1.97. The number of thiol groups is 1. The van der Waals surface area contributed by atoms with Crippen LogP contribution in [0, 0.1) is 0 Å². The maximum absolute atomic E-state index is 3.96. The van der Waals surface area contributed by atoms with Gasteiger partial charge in [0.15, 0.2) is 0 Å². The van der Waals surface area contributed by atoms with Crippen LogP contribution in [0.4, 0.5) is 0 Å². The van der Waals surface area contributed by atoms with Crippen molar-refractivity contribution in [3.05, 3.63) is 12.7 Å². The van der Waals surface area contributed by atoms with Crippen LogP contribution in [0.25, 0.3) is 0 Å². The number of nitrogens with zero attached hydrogens (tertiary/aromatic N) is 3. The largest absolute Gasteiger partial charge is 0.311 e. The van der Waals surface area contributed by atoms with Crippen molar-refractivity contribution in [1.29, 1.82) is 0 Å². The smallest absolute Gasteiger partial charge is 0.120 e. The first-order valence-corrected chi connectivity index (χ1v) is 2.50. The van der Waals surface area contributed by atoms with E-state index < -0.39 is 0 Å². The Hall–Kier alpha value is -0.510. The number of hydrogen-bond donors (Lipinski definition) is 1. The van der Waals surface area contributed by atoms with E-state index in [1.807, 2.05) is 0 Å². The van der Waals surface area contributed by atoms with Crippen molar-refractivity contribution in [2.75, 3.05) is 0 Å². The van der Waals surface area contributed by atoms with Gasteiger partial charge in [0, 0.05) is 0 Å². The normalized spacial score (nSPS) is 9.29. The summed E-state index contributed by atoms with van der Waals surface area (Å²) in [6.07, 6.45) is 3.24. The number of hydrogen-bond acceptors (Lipinski definition) is 3. The molecule has 0 bridgehead atoms. The van der Waals surface area contributed by atoms with E-state index in [4.69, 9.17) is 0 Å². The van der Waals surface area contributed by atoms with E-state index in [0.717, 1.165) is 0 Å². The zero-order valence-corrected chi connectivity index (χ0v) is 4.55. The molecule has 0 amide bonds. The average Bonchev–Trinajstić information content (AvgIpc) is 2.14. The van der Waals surface area contributed by atoms with E-state index in [0.29, 0.717) is 5.88 Å². The third-order valence-electron chi connectivity index (χ3n) is 0.630. The van der Waals surface area contributed by atoms with Gasteiger partial charge in [-0.3, -0.25) is 0 Å². The Morgan fingerprint density at radius 2 is 2.00 bits per heavy atom. The first-order chi connectivity index (χ1) is 3.43. The lowest BCUT2D eigenvalue weighted by Gasteiger charge is -1.85. The fraction of sp³-hybridized carbons (Fsp3) is 0.333. The van der Waals surface area contributed by atoms with E-state index in [1.54, 1.807) is 17.2 Å². The lowest BCUT2D eigenvalue weighted by atomic mass is 11.1. The van der Waals surface area contributed by atoms with E-state index in [2.05, 4.69) is 22.8 Å². The highest BCUT2D eigenvalue weighted by molar-refractivity contribution is 7.79. The summed E-state index contributed by atoms with van der Waals surface area (Å²) in [5, 5.41) is 7.11. The standard InChI is InChI=1S/C3H5N3S/c7-3-6-1-4-5-2-6/h1-2,7H,3H2. The minimum absolute atomic E-state index is 0.646. The molecule has 1 heterocycles. The molecule has 0 radical (unpaired) electrons. The molecular weight excluding hydrogens is 110 g/mol. The van der Waals surface area contributed by atoms with Crippen molar-refractivity contribution in [2.45, 2.75) is 5.88 Å². The van der Waals surface area contributed by atoms with Gasteiger partial charge in [-0.15, -0.1) is 10.2 Å². The van der Waals surface area contributed by atoms with Gasteiger partial charge >= 0.3 is 0 Å². The minimum Gasteiger partial charge on any atom is -0.311 e. The molecule has 0 aliphatic carbocycles. The van der Waals surface area contributed by atoms with Crippen molar-refractivity contribution in [3.8, 4) is 0 Å². The Morgan fingerprint density at radius 1 is 1.43 bits per heavy atom. The van der Waals surface area contributed by atoms with Gasteiger partial charge in [-0.2, -0.15) is 12.6 Å². The summed E-state index contributed by atoms with van der Waals surface area (Å²) < 4.78 is 1.77. The van der Waals surface area contributed by atoms with Crippen LogP contribution in [0.1, 0.15) is 0 Å². The van der Waals surface area contributed by atoms with Gasteiger partial charge in [0.1, 0.15) is 12.7 Å². The third kappa shape index (κ3) is 0.928. The van der Waals surface area contributed by atoms with Gasteiger partial charge in [0.05, 0.1) is 5.88 Å². The molecule has 3 nitrogen and oxygen atoms in total. The molecule has 0 spiro atoms. The van der Waals surface area contributed by atoms with Crippen molar-refractivity contribution in [3.63, 3.8) is 0 Å². The topological polar surface area (TPSA) is 30.7 Å². The van der Waals surface area contributed by atoms with Crippen LogP contribution >= 0.6 is 12.6 Å². The molecule has 0 unspecified atom stereocenters. The summed E-state index contributed by atoms with van der Waals surface area (Å²) in [4.78, 5) is 0. The summed E-state index contributed by atoms with van der Waals surface area (Å²) in [6, 6.07) is 0. The molecule has 0 fully saturated rings. The fourth-order valence-corrected chi connectivity index (χ4v) is 0.441. The Kier molecular flexibility index (Phi) is 1.31. The monoisotopic (exact) mass is 115 g/mol. The quantitative estimate of drug-likeness (QED) is 0.529. The predicted molar refractivity (Wildman–Crippen MR) is 29.0 cm³/mol. The molecule has 0 saturated heterocycles. The molecule has 1 rings (SSSR count). The predicted octanol–water partition coefficient (Wildman–Crippen LogP) is 0.165. The summed E-state index contributed by atoms with van der Waals surface area (Å²) in [5.41, 5.74) is 0. The lowest BCUT2D eigenvalue weighted by Crippen LogP contribution is -1.83. The van der Waals surface area contributed by atoms with Crippen LogP contribution in [0.5, 0.6) is 0 Å². The van der Waals surface area contributed by atoms with E-state index in [1.165, 1.54) is 0 Å². The average molecular weight is 115 g/mol. The Labute approximate surface area is 46.8 Å². The second-order valence-electron chi connectivity index (χ2n) is 1.12. The van der Waals surface area contributed by atoms with Gasteiger partial charge in [-0.05, 0) is 0 Å². The van der Waals surface area contributed by atoms with Gasteiger partial charge in [-0.1, -0.05) is 0 Å².